The number of thiocarbonyl (C=S) groups is 1. The number of amides is 1. The van der Waals surface area contributed by atoms with Crippen LogP contribution in [0.5, 0.6) is 0 Å². The number of rotatable bonds is 5. The summed E-state index contributed by atoms with van der Waals surface area (Å²) in [4.78, 5) is 15.5. The normalized spacial score (nSPS) is 16.3. The molecule has 1 aromatic carbocycles. The van der Waals surface area contributed by atoms with Crippen molar-refractivity contribution in [3.8, 4) is 0 Å². The van der Waals surface area contributed by atoms with Gasteiger partial charge in [-0.05, 0) is 24.3 Å². The van der Waals surface area contributed by atoms with E-state index in [1.54, 1.807) is 12.2 Å². The van der Waals surface area contributed by atoms with Gasteiger partial charge in [-0.15, -0.1) is 6.58 Å². The summed E-state index contributed by atoms with van der Waals surface area (Å²) in [5.41, 5.74) is 0. The zero-order valence-corrected chi connectivity index (χ0v) is 14.5. The summed E-state index contributed by atoms with van der Waals surface area (Å²) >= 11 is 8.04. The molecule has 3 nitrogen and oxygen atoms in total. The highest BCUT2D eigenvalue weighted by Crippen LogP contribution is 2.34. The molecule has 6 heteroatoms. The molecule has 2 aromatic rings. The number of carbonyl (C=O) groups excluding carboxylic acids is 1. The Balaban J connectivity index is 1.75. The molecule has 0 N–H and O–H groups in total. The molecule has 0 aliphatic carbocycles. The molecule has 1 aliphatic heterocycles. The van der Waals surface area contributed by atoms with Crippen molar-refractivity contribution >= 4 is 52.0 Å². The molecule has 3 rings (SSSR count). The fourth-order valence-electron chi connectivity index (χ4n) is 1.99. The van der Waals surface area contributed by atoms with Gasteiger partial charge >= 0.3 is 0 Å². The maximum atomic E-state index is 12.3. The Morgan fingerprint density at radius 2 is 2.04 bits per heavy atom. The molecule has 1 saturated heterocycles. The van der Waals surface area contributed by atoms with Gasteiger partial charge in [0.2, 0.25) is 0 Å². The van der Waals surface area contributed by atoms with Crippen LogP contribution < -0.4 is 0 Å². The lowest BCUT2D eigenvalue weighted by Crippen LogP contribution is -2.27. The largest absolute Gasteiger partial charge is 0.450 e. The lowest BCUT2D eigenvalue weighted by Gasteiger charge is -2.10. The number of benzene rings is 1. The first kappa shape index (κ1) is 16.1. The average molecular weight is 359 g/mol. The molecule has 0 unspecified atom stereocenters. The molecule has 23 heavy (non-hydrogen) atoms. The van der Waals surface area contributed by atoms with E-state index in [2.05, 4.69) is 6.58 Å². The summed E-state index contributed by atoms with van der Waals surface area (Å²) < 4.78 is 6.32. The van der Waals surface area contributed by atoms with E-state index in [0.29, 0.717) is 21.5 Å². The summed E-state index contributed by atoms with van der Waals surface area (Å²) in [6, 6.07) is 13.7. The second kappa shape index (κ2) is 7.21. The predicted molar refractivity (Wildman–Crippen MR) is 99.3 cm³/mol. The quantitative estimate of drug-likeness (QED) is 0.434. The number of hydrogen-bond acceptors (Lipinski definition) is 5. The lowest BCUT2D eigenvalue weighted by atomic mass is 10.3. The van der Waals surface area contributed by atoms with Gasteiger partial charge in [0.15, 0.2) is 5.09 Å². The van der Waals surface area contributed by atoms with Crippen LogP contribution in [0.3, 0.4) is 0 Å². The summed E-state index contributed by atoms with van der Waals surface area (Å²) in [7, 11) is 0. The fourth-order valence-corrected chi connectivity index (χ4v) is 4.04. The Morgan fingerprint density at radius 3 is 2.78 bits per heavy atom. The second-order valence-electron chi connectivity index (χ2n) is 4.65. The highest BCUT2D eigenvalue weighted by molar-refractivity contribution is 8.26. The Bertz CT molecular complexity index is 780. The third kappa shape index (κ3) is 3.77. The number of hydrogen-bond donors (Lipinski definition) is 0. The lowest BCUT2D eigenvalue weighted by molar-refractivity contribution is -0.121. The van der Waals surface area contributed by atoms with E-state index in [1.165, 1.54) is 28.4 Å². The van der Waals surface area contributed by atoms with E-state index in [9.17, 15) is 4.79 Å². The van der Waals surface area contributed by atoms with Crippen LogP contribution in [0.4, 0.5) is 0 Å². The Hall–Kier alpha value is -1.76. The monoisotopic (exact) mass is 359 g/mol. The van der Waals surface area contributed by atoms with Gasteiger partial charge in [-0.1, -0.05) is 60.0 Å². The molecule has 1 aliphatic rings. The molecule has 116 valence electrons. The van der Waals surface area contributed by atoms with Crippen molar-refractivity contribution in [2.24, 2.45) is 0 Å². The van der Waals surface area contributed by atoms with Crippen molar-refractivity contribution < 1.29 is 9.21 Å². The first-order chi connectivity index (χ1) is 11.2. The topological polar surface area (TPSA) is 33.5 Å². The van der Waals surface area contributed by atoms with E-state index in [-0.39, 0.29) is 5.91 Å². The Morgan fingerprint density at radius 1 is 1.26 bits per heavy atom. The van der Waals surface area contributed by atoms with Crippen molar-refractivity contribution in [1.82, 2.24) is 4.90 Å². The molecule has 2 heterocycles. The molecule has 1 amide bonds. The molecule has 0 radical (unpaired) electrons. The average Bonchev–Trinajstić information content (AvgIpc) is 3.09. The Kier molecular flexibility index (Phi) is 5.05. The smallest absolute Gasteiger partial charge is 0.266 e. The fraction of sp³-hybridized carbons (Fsp3) is 0.0588. The third-order valence-corrected chi connectivity index (χ3v) is 5.33. The van der Waals surface area contributed by atoms with Crippen LogP contribution in [0.2, 0.25) is 0 Å². The summed E-state index contributed by atoms with van der Waals surface area (Å²) in [5.74, 6) is 0.538. The highest BCUT2D eigenvalue weighted by atomic mass is 32.2. The number of nitrogens with zero attached hydrogens (tertiary/aromatic N) is 1. The zero-order valence-electron chi connectivity index (χ0n) is 12.1. The summed E-state index contributed by atoms with van der Waals surface area (Å²) in [6.07, 6.45) is 3.40. The molecular weight excluding hydrogens is 346 g/mol. The molecule has 1 aromatic heterocycles. The highest BCUT2D eigenvalue weighted by Gasteiger charge is 2.31. The van der Waals surface area contributed by atoms with Gasteiger partial charge in [0, 0.05) is 17.5 Å². The van der Waals surface area contributed by atoms with Gasteiger partial charge < -0.3 is 4.42 Å². The molecule has 0 saturated carbocycles. The van der Waals surface area contributed by atoms with Crippen molar-refractivity contribution in [3.05, 3.63) is 65.8 Å². The van der Waals surface area contributed by atoms with Gasteiger partial charge in [0.25, 0.3) is 5.91 Å². The number of thioether (sulfide) groups is 1. The van der Waals surface area contributed by atoms with Gasteiger partial charge in [-0.3, -0.25) is 9.69 Å². The van der Waals surface area contributed by atoms with Crippen molar-refractivity contribution in [1.29, 1.82) is 0 Å². The first-order valence-electron chi connectivity index (χ1n) is 6.86. The van der Waals surface area contributed by atoms with Gasteiger partial charge in [-0.2, -0.15) is 0 Å². The Labute approximate surface area is 148 Å². The molecular formula is C17H13NO2S3. The van der Waals surface area contributed by atoms with Crippen LogP contribution in [0.25, 0.3) is 6.08 Å². The summed E-state index contributed by atoms with van der Waals surface area (Å²) in [6.45, 7) is 4.07. The van der Waals surface area contributed by atoms with Crippen LogP contribution in [0, 0.1) is 0 Å². The third-order valence-electron chi connectivity index (χ3n) is 3.02. The maximum absolute atomic E-state index is 12.3. The van der Waals surface area contributed by atoms with Crippen molar-refractivity contribution in [2.75, 3.05) is 6.54 Å². The molecule has 0 spiro atoms. The van der Waals surface area contributed by atoms with E-state index < -0.39 is 0 Å². The number of furan rings is 1. The van der Waals surface area contributed by atoms with Crippen LogP contribution in [0.1, 0.15) is 5.76 Å². The van der Waals surface area contributed by atoms with Crippen LogP contribution >= 0.6 is 35.7 Å². The SMILES string of the molecule is C=CCN1C(=O)/C(=C\c2ccc(Sc3ccccc3)o2)SC1=S. The second-order valence-corrected chi connectivity index (χ2v) is 7.41. The predicted octanol–water partition coefficient (Wildman–Crippen LogP) is 4.82. The zero-order chi connectivity index (χ0) is 16.2. The van der Waals surface area contributed by atoms with E-state index >= 15 is 0 Å². The van der Waals surface area contributed by atoms with E-state index in [4.69, 9.17) is 16.6 Å². The minimum atomic E-state index is -0.103. The van der Waals surface area contributed by atoms with Crippen molar-refractivity contribution in [2.45, 2.75) is 9.99 Å². The summed E-state index contributed by atoms with van der Waals surface area (Å²) in [5, 5.41) is 0.782. The van der Waals surface area contributed by atoms with Gasteiger partial charge in [-0.25, -0.2) is 0 Å². The molecule has 1 fully saturated rings. The van der Waals surface area contributed by atoms with E-state index in [1.807, 2.05) is 42.5 Å². The van der Waals surface area contributed by atoms with Gasteiger partial charge in [0.1, 0.15) is 10.1 Å². The van der Waals surface area contributed by atoms with Gasteiger partial charge in [0.05, 0.1) is 4.91 Å². The van der Waals surface area contributed by atoms with Crippen molar-refractivity contribution in [3.63, 3.8) is 0 Å². The van der Waals surface area contributed by atoms with Crippen LogP contribution in [0.15, 0.2) is 74.4 Å². The molecule has 0 atom stereocenters. The van der Waals surface area contributed by atoms with Crippen LogP contribution in [-0.2, 0) is 4.79 Å². The van der Waals surface area contributed by atoms with E-state index in [0.717, 1.165) is 9.99 Å². The molecule has 0 bridgehead atoms. The van der Waals surface area contributed by atoms with Crippen LogP contribution in [-0.4, -0.2) is 21.7 Å². The maximum Gasteiger partial charge on any atom is 0.266 e. The first-order valence-corrected chi connectivity index (χ1v) is 8.90. The minimum Gasteiger partial charge on any atom is -0.450 e. The number of carbonyl (C=O) groups is 1. The standard InChI is InChI=1S/C17H13NO2S3/c1-2-10-18-16(19)14(23-17(18)21)11-12-8-9-15(20-12)22-13-6-4-3-5-7-13/h2-9,11H,1,10H2/b14-11+. The minimum absolute atomic E-state index is 0.103.